The summed E-state index contributed by atoms with van der Waals surface area (Å²) in [6.45, 7) is 3.37. The Balaban J connectivity index is 2.12. The second-order valence-electron chi connectivity index (χ2n) is 4.38. The van der Waals surface area contributed by atoms with Gasteiger partial charge in [0.05, 0.1) is 21.6 Å². The molecule has 2 N–H and O–H groups in total. The molecule has 1 fully saturated rings. The summed E-state index contributed by atoms with van der Waals surface area (Å²) in [5, 5.41) is 0. The molecule has 1 aromatic carbocycles. The van der Waals surface area contributed by atoms with Gasteiger partial charge >= 0.3 is 0 Å². The van der Waals surface area contributed by atoms with E-state index in [1.807, 2.05) is 5.51 Å². The van der Waals surface area contributed by atoms with Crippen LogP contribution in [0.3, 0.4) is 0 Å². The molecule has 3 rings (SSSR count). The summed E-state index contributed by atoms with van der Waals surface area (Å²) in [5.41, 5.74) is 11.0. The molecule has 4 heteroatoms. The van der Waals surface area contributed by atoms with Crippen molar-refractivity contribution < 1.29 is 0 Å². The van der Waals surface area contributed by atoms with E-state index in [2.05, 4.69) is 28.9 Å². The van der Waals surface area contributed by atoms with E-state index in [9.17, 15) is 0 Å². The van der Waals surface area contributed by atoms with E-state index >= 15 is 0 Å². The minimum Gasteiger partial charge on any atom is -0.395 e. The lowest BCUT2D eigenvalue weighted by Crippen LogP contribution is -2.27. The molecule has 1 atom stereocenters. The van der Waals surface area contributed by atoms with Crippen molar-refractivity contribution in [3.8, 4) is 0 Å². The highest BCUT2D eigenvalue weighted by Crippen LogP contribution is 2.35. The van der Waals surface area contributed by atoms with Crippen molar-refractivity contribution in [2.24, 2.45) is 0 Å². The zero-order valence-corrected chi connectivity index (χ0v) is 10.1. The van der Waals surface area contributed by atoms with E-state index in [4.69, 9.17) is 5.73 Å². The maximum absolute atomic E-state index is 6.21. The van der Waals surface area contributed by atoms with Crippen molar-refractivity contribution in [2.75, 3.05) is 17.2 Å². The van der Waals surface area contributed by atoms with Gasteiger partial charge in [0.25, 0.3) is 0 Å². The Labute approximate surface area is 98.9 Å². The Hall–Kier alpha value is -1.29. The van der Waals surface area contributed by atoms with Crippen molar-refractivity contribution >= 4 is 32.9 Å². The third-order valence-corrected chi connectivity index (χ3v) is 4.18. The third-order valence-electron chi connectivity index (χ3n) is 3.38. The van der Waals surface area contributed by atoms with Crippen LogP contribution in [-0.2, 0) is 0 Å². The molecule has 1 saturated heterocycles. The normalized spacial score (nSPS) is 20.8. The molecule has 0 saturated carbocycles. The molecule has 2 aromatic rings. The standard InChI is InChI=1S/C12H15N3S/c1-8-3-2-6-15(8)9-4-5-10-12(11(9)13)14-7-16-10/h4-5,7-8H,2-3,6,13H2,1H3. The van der Waals surface area contributed by atoms with Crippen LogP contribution in [-0.4, -0.2) is 17.6 Å². The van der Waals surface area contributed by atoms with Gasteiger partial charge in [-0.25, -0.2) is 4.98 Å². The van der Waals surface area contributed by atoms with E-state index in [0.717, 1.165) is 23.4 Å². The fourth-order valence-corrected chi connectivity index (χ4v) is 3.18. The predicted octanol–water partition coefficient (Wildman–Crippen LogP) is 2.87. The molecule has 0 aliphatic carbocycles. The fraction of sp³-hybridized carbons (Fsp3) is 0.417. The predicted molar refractivity (Wildman–Crippen MR) is 70.1 cm³/mol. The van der Waals surface area contributed by atoms with E-state index in [-0.39, 0.29) is 0 Å². The van der Waals surface area contributed by atoms with Gasteiger partial charge < -0.3 is 10.6 Å². The van der Waals surface area contributed by atoms with Gasteiger partial charge in [0, 0.05) is 12.6 Å². The first kappa shape index (κ1) is 9.90. The molecule has 0 bridgehead atoms. The number of nitrogens with two attached hydrogens (primary N) is 1. The zero-order valence-electron chi connectivity index (χ0n) is 9.31. The summed E-state index contributed by atoms with van der Waals surface area (Å²) in [6, 6.07) is 4.86. The van der Waals surface area contributed by atoms with Crippen molar-refractivity contribution in [3.63, 3.8) is 0 Å². The lowest BCUT2D eigenvalue weighted by molar-refractivity contribution is 0.736. The summed E-state index contributed by atoms with van der Waals surface area (Å²) >= 11 is 1.64. The number of rotatable bonds is 1. The highest BCUT2D eigenvalue weighted by atomic mass is 32.1. The van der Waals surface area contributed by atoms with Crippen molar-refractivity contribution in [3.05, 3.63) is 17.6 Å². The molecule has 1 aliphatic rings. The molecule has 1 unspecified atom stereocenters. The SMILES string of the molecule is CC1CCCN1c1ccc2scnc2c1N. The lowest BCUT2D eigenvalue weighted by atomic mass is 10.2. The minimum absolute atomic E-state index is 0.596. The Morgan fingerprint density at radius 3 is 3.12 bits per heavy atom. The molecule has 0 spiro atoms. The second-order valence-corrected chi connectivity index (χ2v) is 5.27. The van der Waals surface area contributed by atoms with Crippen molar-refractivity contribution in [1.82, 2.24) is 4.98 Å². The van der Waals surface area contributed by atoms with Gasteiger partial charge in [0.15, 0.2) is 0 Å². The van der Waals surface area contributed by atoms with Crippen LogP contribution >= 0.6 is 11.3 Å². The molecule has 0 radical (unpaired) electrons. The molecular formula is C12H15N3S. The number of nitrogen functional groups attached to an aromatic ring is 1. The zero-order chi connectivity index (χ0) is 11.1. The van der Waals surface area contributed by atoms with E-state index < -0.39 is 0 Å². The summed E-state index contributed by atoms with van der Waals surface area (Å²) < 4.78 is 1.17. The Morgan fingerprint density at radius 1 is 1.50 bits per heavy atom. The maximum Gasteiger partial charge on any atom is 0.106 e. The van der Waals surface area contributed by atoms with Crippen molar-refractivity contribution in [2.45, 2.75) is 25.8 Å². The van der Waals surface area contributed by atoms with E-state index in [0.29, 0.717) is 6.04 Å². The molecule has 3 nitrogen and oxygen atoms in total. The van der Waals surface area contributed by atoms with Gasteiger partial charge in [-0.15, -0.1) is 11.3 Å². The lowest BCUT2D eigenvalue weighted by Gasteiger charge is -2.25. The van der Waals surface area contributed by atoms with E-state index in [1.165, 1.54) is 17.5 Å². The Bertz CT molecular complexity index is 520. The Kier molecular flexibility index (Phi) is 2.24. The summed E-state index contributed by atoms with van der Waals surface area (Å²) in [6.07, 6.45) is 2.52. The summed E-state index contributed by atoms with van der Waals surface area (Å²) in [4.78, 5) is 6.74. The number of benzene rings is 1. The first-order valence-electron chi connectivity index (χ1n) is 5.65. The molecular weight excluding hydrogens is 218 g/mol. The number of fused-ring (bicyclic) bond motifs is 1. The van der Waals surface area contributed by atoms with Crippen LogP contribution in [0.4, 0.5) is 11.4 Å². The smallest absolute Gasteiger partial charge is 0.106 e. The van der Waals surface area contributed by atoms with Crippen LogP contribution in [0.25, 0.3) is 10.2 Å². The number of hydrogen-bond acceptors (Lipinski definition) is 4. The van der Waals surface area contributed by atoms with Gasteiger partial charge in [-0.05, 0) is 31.9 Å². The number of anilines is 2. The number of aromatic nitrogens is 1. The first-order valence-corrected chi connectivity index (χ1v) is 6.53. The molecule has 84 valence electrons. The van der Waals surface area contributed by atoms with Gasteiger partial charge in [-0.1, -0.05) is 0 Å². The number of nitrogens with zero attached hydrogens (tertiary/aromatic N) is 2. The highest BCUT2D eigenvalue weighted by Gasteiger charge is 2.23. The monoisotopic (exact) mass is 233 g/mol. The van der Waals surface area contributed by atoms with E-state index in [1.54, 1.807) is 11.3 Å². The van der Waals surface area contributed by atoms with Crippen LogP contribution in [0.5, 0.6) is 0 Å². The fourth-order valence-electron chi connectivity index (χ4n) is 2.48. The summed E-state index contributed by atoms with van der Waals surface area (Å²) in [5.74, 6) is 0. The second kappa shape index (κ2) is 3.63. The average Bonchev–Trinajstić information content (AvgIpc) is 2.88. The Morgan fingerprint density at radius 2 is 2.38 bits per heavy atom. The molecule has 1 aromatic heterocycles. The number of hydrogen-bond donors (Lipinski definition) is 1. The number of thiazole rings is 1. The van der Waals surface area contributed by atoms with Gasteiger partial charge in [-0.3, -0.25) is 0 Å². The third kappa shape index (κ3) is 1.37. The maximum atomic E-state index is 6.21. The van der Waals surface area contributed by atoms with Crippen LogP contribution < -0.4 is 10.6 Å². The van der Waals surface area contributed by atoms with Gasteiger partial charge in [-0.2, -0.15) is 0 Å². The van der Waals surface area contributed by atoms with Crippen LogP contribution in [0, 0.1) is 0 Å². The highest BCUT2D eigenvalue weighted by molar-refractivity contribution is 7.16. The quantitative estimate of drug-likeness (QED) is 0.770. The first-order chi connectivity index (χ1) is 7.77. The molecule has 0 amide bonds. The van der Waals surface area contributed by atoms with Crippen molar-refractivity contribution in [1.29, 1.82) is 0 Å². The van der Waals surface area contributed by atoms with Crippen LogP contribution in [0.2, 0.25) is 0 Å². The average molecular weight is 233 g/mol. The molecule has 16 heavy (non-hydrogen) atoms. The van der Waals surface area contributed by atoms with Gasteiger partial charge in [0.2, 0.25) is 0 Å². The van der Waals surface area contributed by atoms with Gasteiger partial charge in [0.1, 0.15) is 5.52 Å². The minimum atomic E-state index is 0.596. The van der Waals surface area contributed by atoms with Crippen LogP contribution in [0.15, 0.2) is 17.6 Å². The topological polar surface area (TPSA) is 42.2 Å². The largest absolute Gasteiger partial charge is 0.395 e. The summed E-state index contributed by atoms with van der Waals surface area (Å²) in [7, 11) is 0. The van der Waals surface area contributed by atoms with Crippen LogP contribution in [0.1, 0.15) is 19.8 Å². The molecule has 1 aliphatic heterocycles. The molecule has 2 heterocycles.